The summed E-state index contributed by atoms with van der Waals surface area (Å²) in [7, 11) is 0. The number of halogens is 1. The SMILES string of the molecule is O=C(NCCOc1ccccc1F)c1ccc(-c2ccco2)[nH]c1=O. The molecule has 25 heavy (non-hydrogen) atoms. The van der Waals surface area contributed by atoms with Crippen molar-refractivity contribution in [2.24, 2.45) is 0 Å². The lowest BCUT2D eigenvalue weighted by molar-refractivity contribution is 0.0945. The Morgan fingerprint density at radius 3 is 2.72 bits per heavy atom. The second-order valence-electron chi connectivity index (χ2n) is 5.13. The Morgan fingerprint density at radius 1 is 1.16 bits per heavy atom. The number of benzene rings is 1. The number of carbonyl (C=O) groups excluding carboxylic acids is 1. The van der Waals surface area contributed by atoms with E-state index in [0.29, 0.717) is 11.5 Å². The molecule has 2 N–H and O–H groups in total. The first-order chi connectivity index (χ1) is 12.1. The molecule has 6 nitrogen and oxygen atoms in total. The molecule has 7 heteroatoms. The first kappa shape index (κ1) is 16.5. The summed E-state index contributed by atoms with van der Waals surface area (Å²) < 4.78 is 23.8. The van der Waals surface area contributed by atoms with Crippen molar-refractivity contribution in [3.8, 4) is 17.2 Å². The Labute approximate surface area is 142 Å². The van der Waals surface area contributed by atoms with Gasteiger partial charge in [0.15, 0.2) is 11.6 Å². The molecule has 0 saturated heterocycles. The molecule has 0 bridgehead atoms. The lowest BCUT2D eigenvalue weighted by atomic mass is 10.2. The number of nitrogens with one attached hydrogen (secondary N) is 2. The van der Waals surface area contributed by atoms with E-state index < -0.39 is 17.3 Å². The van der Waals surface area contributed by atoms with Crippen molar-refractivity contribution in [2.45, 2.75) is 0 Å². The average Bonchev–Trinajstić information content (AvgIpc) is 3.14. The van der Waals surface area contributed by atoms with Gasteiger partial charge in [-0.15, -0.1) is 0 Å². The van der Waals surface area contributed by atoms with E-state index in [1.807, 2.05) is 0 Å². The van der Waals surface area contributed by atoms with Gasteiger partial charge in [-0.2, -0.15) is 0 Å². The van der Waals surface area contributed by atoms with Crippen molar-refractivity contribution in [1.29, 1.82) is 0 Å². The number of carbonyl (C=O) groups is 1. The molecule has 2 heterocycles. The van der Waals surface area contributed by atoms with E-state index >= 15 is 0 Å². The molecule has 0 atom stereocenters. The predicted molar refractivity (Wildman–Crippen MR) is 89.0 cm³/mol. The maximum absolute atomic E-state index is 13.4. The highest BCUT2D eigenvalue weighted by Crippen LogP contribution is 2.16. The maximum Gasteiger partial charge on any atom is 0.261 e. The van der Waals surface area contributed by atoms with Crippen LogP contribution in [0, 0.1) is 5.82 Å². The number of amides is 1. The molecule has 1 aromatic carbocycles. The molecule has 1 amide bonds. The predicted octanol–water partition coefficient (Wildman–Crippen LogP) is 2.58. The van der Waals surface area contributed by atoms with E-state index in [2.05, 4.69) is 10.3 Å². The molecule has 0 aliphatic carbocycles. The van der Waals surface area contributed by atoms with Crippen LogP contribution in [-0.4, -0.2) is 24.0 Å². The molecule has 0 spiro atoms. The minimum Gasteiger partial charge on any atom is -0.489 e. The number of hydrogen-bond donors (Lipinski definition) is 2. The van der Waals surface area contributed by atoms with Gasteiger partial charge in [0.05, 0.1) is 18.5 Å². The average molecular weight is 342 g/mol. The number of pyridine rings is 1. The van der Waals surface area contributed by atoms with Crippen molar-refractivity contribution < 1.29 is 18.3 Å². The third kappa shape index (κ3) is 3.95. The number of aromatic nitrogens is 1. The van der Waals surface area contributed by atoms with Crippen LogP contribution < -0.4 is 15.6 Å². The number of furan rings is 1. The van der Waals surface area contributed by atoms with Crippen LogP contribution >= 0.6 is 0 Å². The number of hydrogen-bond acceptors (Lipinski definition) is 4. The number of aromatic amines is 1. The lowest BCUT2D eigenvalue weighted by Crippen LogP contribution is -2.32. The molecule has 0 aliphatic heterocycles. The number of ether oxygens (including phenoxy) is 1. The molecular weight excluding hydrogens is 327 g/mol. The van der Waals surface area contributed by atoms with Gasteiger partial charge in [0.1, 0.15) is 17.9 Å². The normalized spacial score (nSPS) is 10.4. The van der Waals surface area contributed by atoms with E-state index in [1.54, 1.807) is 30.3 Å². The zero-order valence-electron chi connectivity index (χ0n) is 13.1. The fourth-order valence-corrected chi connectivity index (χ4v) is 2.21. The van der Waals surface area contributed by atoms with Gasteiger partial charge in [0.25, 0.3) is 11.5 Å². The molecular formula is C18H15FN2O4. The van der Waals surface area contributed by atoms with Gasteiger partial charge in [0, 0.05) is 0 Å². The minimum absolute atomic E-state index is 0.0267. The van der Waals surface area contributed by atoms with Gasteiger partial charge in [-0.1, -0.05) is 12.1 Å². The quantitative estimate of drug-likeness (QED) is 0.675. The standard InChI is InChI=1S/C18H15FN2O4/c19-13-4-1-2-5-15(13)25-11-9-20-17(22)12-7-8-14(21-18(12)23)16-6-3-10-24-16/h1-8,10H,9,11H2,(H,20,22)(H,21,23). The maximum atomic E-state index is 13.4. The van der Waals surface area contributed by atoms with Crippen molar-refractivity contribution in [2.75, 3.05) is 13.2 Å². The summed E-state index contributed by atoms with van der Waals surface area (Å²) in [5.41, 5.74) is -0.0722. The topological polar surface area (TPSA) is 84.3 Å². The number of H-pyrrole nitrogens is 1. The summed E-state index contributed by atoms with van der Waals surface area (Å²) >= 11 is 0. The van der Waals surface area contributed by atoms with Crippen LogP contribution in [-0.2, 0) is 0 Å². The van der Waals surface area contributed by atoms with Crippen LogP contribution in [0.4, 0.5) is 4.39 Å². The van der Waals surface area contributed by atoms with E-state index in [1.165, 1.54) is 24.5 Å². The summed E-state index contributed by atoms with van der Waals surface area (Å²) in [6.07, 6.45) is 1.49. The van der Waals surface area contributed by atoms with Crippen molar-refractivity contribution >= 4 is 5.91 Å². The Bertz CT molecular complexity index is 919. The minimum atomic E-state index is -0.538. The fourth-order valence-electron chi connectivity index (χ4n) is 2.21. The zero-order valence-corrected chi connectivity index (χ0v) is 13.1. The van der Waals surface area contributed by atoms with Crippen molar-refractivity contribution in [3.63, 3.8) is 0 Å². The first-order valence-electron chi connectivity index (χ1n) is 7.58. The molecule has 3 rings (SSSR count). The second kappa shape index (κ2) is 7.48. The summed E-state index contributed by atoms with van der Waals surface area (Å²) in [6, 6.07) is 12.4. The van der Waals surface area contributed by atoms with Gasteiger partial charge in [-0.3, -0.25) is 9.59 Å². The van der Waals surface area contributed by atoms with Gasteiger partial charge in [0.2, 0.25) is 0 Å². The zero-order chi connectivity index (χ0) is 17.6. The molecule has 0 fully saturated rings. The lowest BCUT2D eigenvalue weighted by Gasteiger charge is -2.08. The van der Waals surface area contributed by atoms with E-state index in [4.69, 9.17) is 9.15 Å². The largest absolute Gasteiger partial charge is 0.489 e. The van der Waals surface area contributed by atoms with E-state index in [-0.39, 0.29) is 24.5 Å². The highest BCUT2D eigenvalue weighted by Gasteiger charge is 2.12. The second-order valence-corrected chi connectivity index (χ2v) is 5.13. The van der Waals surface area contributed by atoms with Crippen LogP contribution in [0.3, 0.4) is 0 Å². The van der Waals surface area contributed by atoms with E-state index in [9.17, 15) is 14.0 Å². The van der Waals surface area contributed by atoms with Crippen LogP contribution in [0.5, 0.6) is 5.75 Å². The highest BCUT2D eigenvalue weighted by atomic mass is 19.1. The Hall–Kier alpha value is -3.35. The Balaban J connectivity index is 1.56. The third-order valence-electron chi connectivity index (χ3n) is 3.42. The molecule has 128 valence electrons. The Morgan fingerprint density at radius 2 is 2.00 bits per heavy atom. The fraction of sp³-hybridized carbons (Fsp3) is 0.111. The summed E-state index contributed by atoms with van der Waals surface area (Å²) in [4.78, 5) is 26.7. The molecule has 0 unspecified atom stereocenters. The van der Waals surface area contributed by atoms with Gasteiger partial charge in [-0.05, 0) is 36.4 Å². The number of rotatable bonds is 6. The highest BCUT2D eigenvalue weighted by molar-refractivity contribution is 5.94. The summed E-state index contributed by atoms with van der Waals surface area (Å²) in [6.45, 7) is 0.210. The number of para-hydroxylation sites is 1. The molecule has 2 aromatic heterocycles. The van der Waals surface area contributed by atoms with Crippen LogP contribution in [0.15, 0.2) is 64.0 Å². The first-order valence-corrected chi connectivity index (χ1v) is 7.58. The van der Waals surface area contributed by atoms with Crippen LogP contribution in [0.1, 0.15) is 10.4 Å². The van der Waals surface area contributed by atoms with Gasteiger partial charge >= 0.3 is 0 Å². The van der Waals surface area contributed by atoms with E-state index in [0.717, 1.165) is 0 Å². The summed E-state index contributed by atoms with van der Waals surface area (Å²) in [5, 5.41) is 2.55. The molecule has 0 radical (unpaired) electrons. The van der Waals surface area contributed by atoms with Gasteiger partial charge < -0.3 is 19.5 Å². The molecule has 0 saturated carbocycles. The van der Waals surface area contributed by atoms with Crippen molar-refractivity contribution in [1.82, 2.24) is 10.3 Å². The van der Waals surface area contributed by atoms with Gasteiger partial charge in [-0.25, -0.2) is 4.39 Å². The Kier molecular flexibility index (Phi) is 4.94. The summed E-state index contributed by atoms with van der Waals surface area (Å²) in [5.74, 6) is -0.400. The van der Waals surface area contributed by atoms with Crippen molar-refractivity contribution in [3.05, 3.63) is 76.5 Å². The van der Waals surface area contributed by atoms with Crippen LogP contribution in [0.25, 0.3) is 11.5 Å². The smallest absolute Gasteiger partial charge is 0.261 e. The molecule has 0 aliphatic rings. The van der Waals surface area contributed by atoms with Crippen LogP contribution in [0.2, 0.25) is 0 Å². The monoisotopic (exact) mass is 342 g/mol. The molecule has 3 aromatic rings. The third-order valence-corrected chi connectivity index (χ3v) is 3.42.